The maximum absolute atomic E-state index is 14.0. The number of sulfonamides is 1. The van der Waals surface area contributed by atoms with Crippen molar-refractivity contribution in [1.82, 2.24) is 10.2 Å². The van der Waals surface area contributed by atoms with Gasteiger partial charge in [0.25, 0.3) is 10.0 Å². The molecule has 0 heterocycles. The zero-order valence-electron chi connectivity index (χ0n) is 23.3. The Morgan fingerprint density at radius 3 is 2.15 bits per heavy atom. The molecule has 0 aliphatic carbocycles. The second-order valence-electron chi connectivity index (χ2n) is 10.2. The molecule has 7 nitrogen and oxygen atoms in total. The predicted octanol–water partition coefficient (Wildman–Crippen LogP) is 6.00. The van der Waals surface area contributed by atoms with Gasteiger partial charge in [0.15, 0.2) is 0 Å². The Labute approximate surface area is 247 Å². The van der Waals surface area contributed by atoms with Gasteiger partial charge < -0.3 is 10.2 Å². The first-order valence-corrected chi connectivity index (χ1v) is 15.2. The van der Waals surface area contributed by atoms with Crippen LogP contribution in [0.1, 0.15) is 37.5 Å². The second kappa shape index (κ2) is 13.5. The Bertz CT molecular complexity index is 1460. The summed E-state index contributed by atoms with van der Waals surface area (Å²) in [6, 6.07) is 17.5. The third-order valence-corrected chi connectivity index (χ3v) is 8.97. The fourth-order valence-corrected chi connectivity index (χ4v) is 5.86. The van der Waals surface area contributed by atoms with Crippen molar-refractivity contribution in [2.75, 3.05) is 17.4 Å². The van der Waals surface area contributed by atoms with Crippen LogP contribution in [-0.2, 0) is 26.2 Å². The van der Waals surface area contributed by atoms with Crippen molar-refractivity contribution >= 4 is 50.7 Å². The second-order valence-corrected chi connectivity index (χ2v) is 12.9. The smallest absolute Gasteiger partial charge is 0.264 e. The average molecular weight is 605 g/mol. The largest absolute Gasteiger partial charge is 0.354 e. The van der Waals surface area contributed by atoms with Crippen molar-refractivity contribution in [1.29, 1.82) is 0 Å². The molecule has 2 amide bonds. The van der Waals surface area contributed by atoms with Crippen LogP contribution < -0.4 is 9.62 Å². The molecule has 1 N–H and O–H groups in total. The topological polar surface area (TPSA) is 86.8 Å². The van der Waals surface area contributed by atoms with Gasteiger partial charge in [0.05, 0.1) is 20.6 Å². The van der Waals surface area contributed by atoms with Gasteiger partial charge >= 0.3 is 0 Å². The molecule has 3 aromatic carbocycles. The molecule has 0 aromatic heterocycles. The lowest BCUT2D eigenvalue weighted by molar-refractivity contribution is -0.139. The molecule has 1 atom stereocenters. The lowest BCUT2D eigenvalue weighted by Crippen LogP contribution is -2.51. The highest BCUT2D eigenvalue weighted by Crippen LogP contribution is 2.28. The van der Waals surface area contributed by atoms with Gasteiger partial charge in [0.1, 0.15) is 12.6 Å². The summed E-state index contributed by atoms with van der Waals surface area (Å²) in [5.41, 5.74) is 2.62. The van der Waals surface area contributed by atoms with E-state index in [1.54, 1.807) is 68.4 Å². The number of para-hydroxylation sites is 1. The molecule has 40 heavy (non-hydrogen) atoms. The highest BCUT2D eigenvalue weighted by atomic mass is 35.5. The number of halogens is 2. The summed E-state index contributed by atoms with van der Waals surface area (Å²) in [7, 11) is -4.13. The summed E-state index contributed by atoms with van der Waals surface area (Å²) in [6.45, 7) is 9.17. The van der Waals surface area contributed by atoms with Crippen LogP contribution in [0.5, 0.6) is 0 Å². The first kappa shape index (κ1) is 31.5. The van der Waals surface area contributed by atoms with E-state index in [2.05, 4.69) is 5.32 Å². The van der Waals surface area contributed by atoms with Crippen molar-refractivity contribution in [3.05, 3.63) is 93.5 Å². The molecule has 214 valence electrons. The first-order chi connectivity index (χ1) is 18.8. The first-order valence-electron chi connectivity index (χ1n) is 13.0. The van der Waals surface area contributed by atoms with Crippen molar-refractivity contribution in [2.45, 2.75) is 52.1 Å². The quantitative estimate of drug-likeness (QED) is 0.291. The van der Waals surface area contributed by atoms with Crippen LogP contribution in [0.2, 0.25) is 10.0 Å². The number of nitrogens with one attached hydrogen (secondary N) is 1. The highest BCUT2D eigenvalue weighted by molar-refractivity contribution is 7.92. The summed E-state index contributed by atoms with van der Waals surface area (Å²) in [5, 5.41) is 3.54. The van der Waals surface area contributed by atoms with E-state index in [1.165, 1.54) is 17.0 Å². The minimum Gasteiger partial charge on any atom is -0.354 e. The van der Waals surface area contributed by atoms with Gasteiger partial charge in [-0.05, 0) is 68.1 Å². The Hall–Kier alpha value is -3.07. The minimum absolute atomic E-state index is 0.0260. The van der Waals surface area contributed by atoms with E-state index in [1.807, 2.05) is 20.8 Å². The molecule has 0 bridgehead atoms. The minimum atomic E-state index is -4.13. The van der Waals surface area contributed by atoms with E-state index in [4.69, 9.17) is 23.2 Å². The number of anilines is 1. The van der Waals surface area contributed by atoms with Crippen molar-refractivity contribution in [3.63, 3.8) is 0 Å². The fraction of sp³-hybridized carbons (Fsp3) is 0.333. The van der Waals surface area contributed by atoms with E-state index in [0.717, 1.165) is 9.87 Å². The third kappa shape index (κ3) is 7.77. The number of benzene rings is 3. The van der Waals surface area contributed by atoms with Crippen LogP contribution in [0.25, 0.3) is 0 Å². The lowest BCUT2D eigenvalue weighted by Gasteiger charge is -2.32. The molecule has 10 heteroatoms. The van der Waals surface area contributed by atoms with Crippen LogP contribution in [-0.4, -0.2) is 44.3 Å². The third-order valence-electron chi connectivity index (χ3n) is 6.46. The lowest BCUT2D eigenvalue weighted by atomic mass is 10.1. The summed E-state index contributed by atoms with van der Waals surface area (Å²) < 4.78 is 28.9. The molecule has 0 radical (unpaired) electrons. The molecule has 0 unspecified atom stereocenters. The van der Waals surface area contributed by atoms with Gasteiger partial charge in [-0.2, -0.15) is 0 Å². The van der Waals surface area contributed by atoms with Crippen LogP contribution in [0.3, 0.4) is 0 Å². The van der Waals surface area contributed by atoms with Crippen LogP contribution in [0, 0.1) is 19.8 Å². The Morgan fingerprint density at radius 1 is 0.900 bits per heavy atom. The molecule has 0 aliphatic heterocycles. The van der Waals surface area contributed by atoms with Crippen molar-refractivity contribution < 1.29 is 18.0 Å². The SMILES string of the molecule is Cc1ccc(S(=O)(=O)N(CC(=O)N(Cc2ccc(Cl)c(Cl)c2)[C@@H](C)C(=O)NCC(C)C)c2ccccc2C)cc1. The number of carbonyl (C=O) groups is 2. The summed E-state index contributed by atoms with van der Waals surface area (Å²) in [4.78, 5) is 28.5. The number of aryl methyl sites for hydroxylation is 2. The zero-order valence-corrected chi connectivity index (χ0v) is 25.6. The van der Waals surface area contributed by atoms with Gasteiger partial charge in [-0.25, -0.2) is 8.42 Å². The van der Waals surface area contributed by atoms with E-state index in [0.29, 0.717) is 33.4 Å². The van der Waals surface area contributed by atoms with Gasteiger partial charge in [0.2, 0.25) is 11.8 Å². The fourth-order valence-electron chi connectivity index (χ4n) is 4.06. The van der Waals surface area contributed by atoms with Gasteiger partial charge in [-0.1, -0.05) is 79.0 Å². The maximum atomic E-state index is 14.0. The summed E-state index contributed by atoms with van der Waals surface area (Å²) in [6.07, 6.45) is 0. The number of hydrogen-bond donors (Lipinski definition) is 1. The molecule has 0 spiro atoms. The number of rotatable bonds is 11. The Balaban J connectivity index is 2.04. The Kier molecular flexibility index (Phi) is 10.6. The molecular weight excluding hydrogens is 569 g/mol. The van der Waals surface area contributed by atoms with E-state index >= 15 is 0 Å². The van der Waals surface area contributed by atoms with Crippen molar-refractivity contribution in [2.24, 2.45) is 5.92 Å². The standard InChI is InChI=1S/C30H35Cl2N3O4S/c1-20(2)17-33-30(37)23(5)34(18-24-12-15-26(31)27(32)16-24)29(36)19-35(28-9-7-6-8-22(28)4)40(38,39)25-13-10-21(3)11-14-25/h6-16,20,23H,17-19H2,1-5H3,(H,33,37)/t23-/m0/s1. The van der Waals surface area contributed by atoms with Gasteiger partial charge in [0, 0.05) is 13.1 Å². The molecule has 0 saturated heterocycles. The molecule has 3 aromatic rings. The van der Waals surface area contributed by atoms with Crippen LogP contribution in [0.15, 0.2) is 71.6 Å². The summed E-state index contributed by atoms with van der Waals surface area (Å²) >= 11 is 12.3. The zero-order chi connectivity index (χ0) is 29.6. The number of nitrogens with zero attached hydrogens (tertiary/aromatic N) is 2. The number of amides is 2. The molecule has 0 saturated carbocycles. The van der Waals surface area contributed by atoms with E-state index in [9.17, 15) is 18.0 Å². The van der Waals surface area contributed by atoms with E-state index in [-0.39, 0.29) is 23.3 Å². The van der Waals surface area contributed by atoms with Crippen molar-refractivity contribution in [3.8, 4) is 0 Å². The normalized spacial score (nSPS) is 12.2. The summed E-state index contributed by atoms with van der Waals surface area (Å²) in [5.74, 6) is -0.672. The maximum Gasteiger partial charge on any atom is 0.264 e. The Morgan fingerprint density at radius 2 is 1.55 bits per heavy atom. The highest BCUT2D eigenvalue weighted by Gasteiger charge is 2.33. The van der Waals surface area contributed by atoms with E-state index < -0.39 is 28.5 Å². The monoisotopic (exact) mass is 603 g/mol. The molecule has 3 rings (SSSR count). The number of carbonyl (C=O) groups excluding carboxylic acids is 2. The van der Waals surface area contributed by atoms with Crippen LogP contribution >= 0.6 is 23.2 Å². The molecular formula is C30H35Cl2N3O4S. The molecule has 0 aliphatic rings. The van der Waals surface area contributed by atoms with Gasteiger partial charge in [-0.15, -0.1) is 0 Å². The van der Waals surface area contributed by atoms with Gasteiger partial charge in [-0.3, -0.25) is 13.9 Å². The average Bonchev–Trinajstić information content (AvgIpc) is 2.91. The van der Waals surface area contributed by atoms with Crippen LogP contribution in [0.4, 0.5) is 5.69 Å². The predicted molar refractivity (Wildman–Crippen MR) is 161 cm³/mol. The number of hydrogen-bond acceptors (Lipinski definition) is 4. The molecule has 0 fully saturated rings.